The summed E-state index contributed by atoms with van der Waals surface area (Å²) < 4.78 is 7.22. The number of aromatic nitrogens is 3. The van der Waals surface area contributed by atoms with Crippen molar-refractivity contribution in [2.24, 2.45) is 5.92 Å². The number of likely N-dealkylation sites (tertiary alicyclic amines) is 2. The average molecular weight is 470 g/mol. The number of amides is 1. The van der Waals surface area contributed by atoms with Crippen LogP contribution >= 0.6 is 0 Å². The second kappa shape index (κ2) is 8.40. The SMILES string of the molecule is C=CC(=O)N1CC(CN2C[C@H]3C[C@@H]2CN3c2ccc(-c3cc(OC)c4c(C#N)cnn4c3)cn2)C1. The Morgan fingerprint density at radius 2 is 2.09 bits per heavy atom. The second-order valence-corrected chi connectivity index (χ2v) is 9.63. The number of carbonyl (C=O) groups excluding carboxylic acids is 1. The molecule has 3 aromatic rings. The second-order valence-electron chi connectivity index (χ2n) is 9.63. The van der Waals surface area contributed by atoms with Crippen LogP contribution in [-0.2, 0) is 4.79 Å². The van der Waals surface area contributed by atoms with E-state index in [1.807, 2.05) is 23.4 Å². The van der Waals surface area contributed by atoms with Crippen molar-refractivity contribution in [3.05, 3.63) is 55.0 Å². The largest absolute Gasteiger partial charge is 0.494 e. The third kappa shape index (κ3) is 3.61. The number of fused-ring (bicyclic) bond motifs is 3. The maximum atomic E-state index is 11.7. The molecule has 0 spiro atoms. The zero-order chi connectivity index (χ0) is 24.1. The van der Waals surface area contributed by atoms with E-state index in [0.717, 1.165) is 49.7 Å². The number of pyridine rings is 2. The first-order chi connectivity index (χ1) is 17.1. The first-order valence-electron chi connectivity index (χ1n) is 11.9. The van der Waals surface area contributed by atoms with Gasteiger partial charge in [-0.3, -0.25) is 9.69 Å². The zero-order valence-corrected chi connectivity index (χ0v) is 19.7. The van der Waals surface area contributed by atoms with Gasteiger partial charge in [-0.25, -0.2) is 9.50 Å². The van der Waals surface area contributed by atoms with Gasteiger partial charge in [0.15, 0.2) is 0 Å². The van der Waals surface area contributed by atoms with Crippen molar-refractivity contribution < 1.29 is 9.53 Å². The number of anilines is 1. The molecule has 9 nitrogen and oxygen atoms in total. The Morgan fingerprint density at radius 3 is 2.74 bits per heavy atom. The summed E-state index contributed by atoms with van der Waals surface area (Å²) in [5, 5.41) is 13.6. The highest BCUT2D eigenvalue weighted by Gasteiger charge is 2.45. The first kappa shape index (κ1) is 21.6. The van der Waals surface area contributed by atoms with Gasteiger partial charge < -0.3 is 14.5 Å². The van der Waals surface area contributed by atoms with Crippen molar-refractivity contribution in [1.82, 2.24) is 24.4 Å². The fourth-order valence-electron chi connectivity index (χ4n) is 5.79. The zero-order valence-electron chi connectivity index (χ0n) is 19.7. The number of rotatable bonds is 6. The van der Waals surface area contributed by atoms with Crippen LogP contribution in [0.25, 0.3) is 16.6 Å². The maximum Gasteiger partial charge on any atom is 0.245 e. The van der Waals surface area contributed by atoms with Gasteiger partial charge in [-0.05, 0) is 30.7 Å². The minimum absolute atomic E-state index is 0.0415. The quantitative estimate of drug-likeness (QED) is 0.511. The molecule has 3 fully saturated rings. The summed E-state index contributed by atoms with van der Waals surface area (Å²) in [7, 11) is 1.60. The summed E-state index contributed by atoms with van der Waals surface area (Å²) in [5.41, 5.74) is 3.06. The van der Waals surface area contributed by atoms with Crippen molar-refractivity contribution in [3.8, 4) is 22.9 Å². The molecule has 1 amide bonds. The van der Waals surface area contributed by atoms with Gasteiger partial charge in [0.05, 0.1) is 13.3 Å². The van der Waals surface area contributed by atoms with Gasteiger partial charge in [0, 0.05) is 74.2 Å². The number of nitriles is 1. The lowest BCUT2D eigenvalue weighted by Crippen LogP contribution is -2.56. The van der Waals surface area contributed by atoms with E-state index < -0.39 is 0 Å². The van der Waals surface area contributed by atoms with Gasteiger partial charge in [-0.15, -0.1) is 0 Å². The van der Waals surface area contributed by atoms with Crippen LogP contribution in [0.5, 0.6) is 5.75 Å². The van der Waals surface area contributed by atoms with E-state index in [4.69, 9.17) is 9.72 Å². The number of hydrogen-bond donors (Lipinski definition) is 0. The Labute approximate surface area is 203 Å². The molecule has 6 heterocycles. The lowest BCUT2D eigenvalue weighted by Gasteiger charge is -2.43. The van der Waals surface area contributed by atoms with Crippen LogP contribution in [0.1, 0.15) is 12.0 Å². The molecule has 0 aromatic carbocycles. The molecule has 3 aliphatic heterocycles. The number of methoxy groups -OCH3 is 1. The van der Waals surface area contributed by atoms with Gasteiger partial charge in [-0.2, -0.15) is 10.4 Å². The molecule has 3 aliphatic rings. The van der Waals surface area contributed by atoms with E-state index in [0.29, 0.717) is 34.8 Å². The molecule has 2 bridgehead atoms. The monoisotopic (exact) mass is 469 g/mol. The molecule has 3 saturated heterocycles. The molecule has 0 saturated carbocycles. The third-order valence-electron chi connectivity index (χ3n) is 7.58. The Bertz CT molecular complexity index is 1340. The normalized spacial score (nSPS) is 21.8. The van der Waals surface area contributed by atoms with E-state index in [1.54, 1.807) is 17.8 Å². The summed E-state index contributed by atoms with van der Waals surface area (Å²) in [6, 6.07) is 9.29. The Morgan fingerprint density at radius 1 is 1.23 bits per heavy atom. The topological polar surface area (TPSA) is 90.0 Å². The fourth-order valence-corrected chi connectivity index (χ4v) is 5.79. The highest BCUT2D eigenvalue weighted by molar-refractivity contribution is 5.87. The summed E-state index contributed by atoms with van der Waals surface area (Å²) in [6.07, 6.45) is 7.92. The van der Waals surface area contributed by atoms with Crippen LogP contribution in [0.2, 0.25) is 0 Å². The molecule has 0 radical (unpaired) electrons. The highest BCUT2D eigenvalue weighted by Crippen LogP contribution is 2.36. The van der Waals surface area contributed by atoms with Crippen LogP contribution in [-0.4, -0.2) is 82.2 Å². The maximum absolute atomic E-state index is 11.7. The molecular weight excluding hydrogens is 442 g/mol. The predicted molar refractivity (Wildman–Crippen MR) is 131 cm³/mol. The lowest BCUT2D eigenvalue weighted by atomic mass is 9.99. The standard InChI is InChI=1S/C26H27N7O2/c1-3-25(34)31-12-17(13-31)11-30-15-22-7-21(30)16-32(22)24-5-4-18(9-28-24)19-6-23(35-2)26-20(8-27)10-29-33(26)14-19/h3-6,9-10,14,17,21-22H,1,7,11-13,15-16H2,2H3/t21-,22-/m1/s1. The molecule has 35 heavy (non-hydrogen) atoms. The smallest absolute Gasteiger partial charge is 0.245 e. The van der Waals surface area contributed by atoms with E-state index in [-0.39, 0.29) is 5.91 Å². The van der Waals surface area contributed by atoms with Crippen molar-refractivity contribution in [2.75, 3.05) is 44.7 Å². The number of carbonyl (C=O) groups is 1. The van der Waals surface area contributed by atoms with Gasteiger partial charge in [-0.1, -0.05) is 6.58 Å². The van der Waals surface area contributed by atoms with E-state index in [9.17, 15) is 10.1 Å². The summed E-state index contributed by atoms with van der Waals surface area (Å²) in [5.74, 6) is 2.23. The van der Waals surface area contributed by atoms with Crippen LogP contribution < -0.4 is 9.64 Å². The summed E-state index contributed by atoms with van der Waals surface area (Å²) in [6.45, 7) is 8.37. The third-order valence-corrected chi connectivity index (χ3v) is 7.58. The van der Waals surface area contributed by atoms with Crippen molar-refractivity contribution in [2.45, 2.75) is 18.5 Å². The number of piperazine rings is 1. The molecule has 0 unspecified atom stereocenters. The van der Waals surface area contributed by atoms with Gasteiger partial charge in [0.2, 0.25) is 5.91 Å². The Kier molecular flexibility index (Phi) is 5.19. The van der Waals surface area contributed by atoms with E-state index >= 15 is 0 Å². The van der Waals surface area contributed by atoms with Crippen molar-refractivity contribution in [1.29, 1.82) is 5.26 Å². The lowest BCUT2D eigenvalue weighted by molar-refractivity contribution is -0.132. The molecule has 0 N–H and O–H groups in total. The van der Waals surface area contributed by atoms with Crippen LogP contribution in [0.15, 0.2) is 49.4 Å². The highest BCUT2D eigenvalue weighted by atomic mass is 16.5. The van der Waals surface area contributed by atoms with Crippen LogP contribution in [0.3, 0.4) is 0 Å². The number of ether oxygens (including phenoxy) is 1. The first-order valence-corrected chi connectivity index (χ1v) is 11.9. The van der Waals surface area contributed by atoms with Gasteiger partial charge >= 0.3 is 0 Å². The van der Waals surface area contributed by atoms with Crippen molar-refractivity contribution in [3.63, 3.8) is 0 Å². The Balaban J connectivity index is 1.12. The summed E-state index contributed by atoms with van der Waals surface area (Å²) in [4.78, 5) is 23.4. The molecule has 3 aromatic heterocycles. The average Bonchev–Trinajstić information content (AvgIpc) is 3.59. The Hall–Kier alpha value is -3.90. The summed E-state index contributed by atoms with van der Waals surface area (Å²) >= 11 is 0. The van der Waals surface area contributed by atoms with E-state index in [1.165, 1.54) is 12.5 Å². The molecular formula is C26H27N7O2. The van der Waals surface area contributed by atoms with Crippen LogP contribution in [0.4, 0.5) is 5.82 Å². The van der Waals surface area contributed by atoms with Crippen molar-refractivity contribution >= 4 is 17.2 Å². The minimum atomic E-state index is 0.0415. The predicted octanol–water partition coefficient (Wildman–Crippen LogP) is 2.18. The fraction of sp³-hybridized carbons (Fsp3) is 0.385. The van der Waals surface area contributed by atoms with Gasteiger partial charge in [0.1, 0.15) is 28.7 Å². The minimum Gasteiger partial charge on any atom is -0.494 e. The molecule has 178 valence electrons. The molecule has 9 heteroatoms. The van der Waals surface area contributed by atoms with Gasteiger partial charge in [0.25, 0.3) is 0 Å². The number of nitrogens with zero attached hydrogens (tertiary/aromatic N) is 7. The molecule has 2 atom stereocenters. The number of hydrogen-bond acceptors (Lipinski definition) is 7. The molecule has 0 aliphatic carbocycles. The van der Waals surface area contributed by atoms with Crippen LogP contribution in [0, 0.1) is 17.2 Å². The van der Waals surface area contributed by atoms with E-state index in [2.05, 4.69) is 39.7 Å². The molecule has 6 rings (SSSR count).